The first-order valence-electron chi connectivity index (χ1n) is 9.94. The molecule has 0 aliphatic heterocycles. The molecule has 0 unspecified atom stereocenters. The van der Waals surface area contributed by atoms with E-state index < -0.39 is 12.6 Å². The minimum Gasteiger partial charge on any atom is -0.454 e. The third-order valence-corrected chi connectivity index (χ3v) is 5.85. The lowest BCUT2D eigenvalue weighted by molar-refractivity contribution is -0.114. The molecule has 4 aromatic rings. The van der Waals surface area contributed by atoms with Crippen LogP contribution in [-0.2, 0) is 9.53 Å². The fraction of sp³-hybridized carbons (Fsp3) is 0.167. The Balaban J connectivity index is 1.56. The molecule has 2 aromatic heterocycles. The molecular weight excluding hydrogens is 426 g/mol. The highest BCUT2D eigenvalue weighted by Crippen LogP contribution is 2.26. The molecule has 0 bridgehead atoms. The molecule has 0 aliphatic carbocycles. The number of hydrogen-bond acceptors (Lipinski definition) is 6. The number of hydrogen-bond donors (Lipinski definition) is 1. The van der Waals surface area contributed by atoms with E-state index in [0.717, 1.165) is 27.3 Å². The van der Waals surface area contributed by atoms with Gasteiger partial charge in [-0.2, -0.15) is 0 Å². The fourth-order valence-corrected chi connectivity index (χ4v) is 4.41. The van der Waals surface area contributed by atoms with Crippen LogP contribution in [0.15, 0.2) is 54.0 Å². The van der Waals surface area contributed by atoms with Gasteiger partial charge in [-0.15, -0.1) is 11.3 Å². The minimum absolute atomic E-state index is 0.194. The van der Waals surface area contributed by atoms with Gasteiger partial charge in [0, 0.05) is 35.5 Å². The summed E-state index contributed by atoms with van der Waals surface area (Å²) in [6.07, 6.45) is 1.71. The van der Waals surface area contributed by atoms with Gasteiger partial charge in [0.2, 0.25) is 11.7 Å². The minimum atomic E-state index is -0.679. The number of aromatic nitrogens is 2. The lowest BCUT2D eigenvalue weighted by atomic mass is 10.0. The van der Waals surface area contributed by atoms with E-state index in [2.05, 4.69) is 10.3 Å². The van der Waals surface area contributed by atoms with Crippen LogP contribution in [0.25, 0.3) is 15.9 Å². The highest BCUT2D eigenvalue weighted by Gasteiger charge is 2.21. The number of ketones is 1. The molecule has 0 radical (unpaired) electrons. The summed E-state index contributed by atoms with van der Waals surface area (Å²) in [6, 6.07) is 12.6. The van der Waals surface area contributed by atoms with E-state index in [1.807, 2.05) is 48.1 Å². The van der Waals surface area contributed by atoms with Gasteiger partial charge in [0.25, 0.3) is 0 Å². The average Bonchev–Trinajstić information content (AvgIpc) is 3.38. The van der Waals surface area contributed by atoms with Crippen molar-refractivity contribution in [2.75, 3.05) is 11.9 Å². The summed E-state index contributed by atoms with van der Waals surface area (Å²) in [7, 11) is 0. The number of fused-ring (bicyclic) bond motifs is 1. The lowest BCUT2D eigenvalue weighted by Crippen LogP contribution is -2.17. The van der Waals surface area contributed by atoms with E-state index in [0.29, 0.717) is 11.3 Å². The molecule has 162 valence electrons. The zero-order valence-corrected chi connectivity index (χ0v) is 18.7. The van der Waals surface area contributed by atoms with Crippen LogP contribution in [-0.4, -0.2) is 33.8 Å². The quantitative estimate of drug-likeness (QED) is 0.342. The predicted molar refractivity (Wildman–Crippen MR) is 124 cm³/mol. The van der Waals surface area contributed by atoms with Gasteiger partial charge in [-0.05, 0) is 42.8 Å². The Hall–Kier alpha value is -3.78. The van der Waals surface area contributed by atoms with Crippen LogP contribution in [0, 0.1) is 13.8 Å². The molecule has 4 rings (SSSR count). The molecule has 0 atom stereocenters. The Labute approximate surface area is 188 Å². The van der Waals surface area contributed by atoms with Crippen LogP contribution in [0.3, 0.4) is 0 Å². The molecule has 0 saturated carbocycles. The Morgan fingerprint density at radius 3 is 2.44 bits per heavy atom. The smallest absolute Gasteiger partial charge is 0.340 e. The molecule has 0 aliphatic rings. The van der Waals surface area contributed by atoms with Crippen molar-refractivity contribution in [3.63, 3.8) is 0 Å². The van der Waals surface area contributed by atoms with Crippen molar-refractivity contribution in [3.05, 3.63) is 76.6 Å². The van der Waals surface area contributed by atoms with Gasteiger partial charge >= 0.3 is 5.97 Å². The normalized spacial score (nSPS) is 10.8. The topological polar surface area (TPSA) is 90.3 Å². The average molecular weight is 448 g/mol. The number of esters is 1. The summed E-state index contributed by atoms with van der Waals surface area (Å²) in [5.74, 6) is -1.29. The number of nitrogens with zero attached hydrogens (tertiary/aromatic N) is 2. The van der Waals surface area contributed by atoms with E-state index in [1.54, 1.807) is 24.4 Å². The molecule has 0 fully saturated rings. The summed E-state index contributed by atoms with van der Waals surface area (Å²) in [5, 5.41) is 7.01. The van der Waals surface area contributed by atoms with E-state index in [4.69, 9.17) is 4.74 Å². The Morgan fingerprint density at radius 1 is 1.06 bits per heavy atom. The first-order valence-corrected chi connectivity index (χ1v) is 10.8. The van der Waals surface area contributed by atoms with Gasteiger partial charge in [0.05, 0.1) is 11.3 Å². The number of ether oxygens (including phenoxy) is 1. The van der Waals surface area contributed by atoms with Crippen LogP contribution in [0.4, 0.5) is 5.69 Å². The van der Waals surface area contributed by atoms with Crippen LogP contribution < -0.4 is 5.32 Å². The monoisotopic (exact) mass is 447 g/mol. The van der Waals surface area contributed by atoms with Crippen molar-refractivity contribution in [1.29, 1.82) is 0 Å². The second-order valence-corrected chi connectivity index (χ2v) is 8.23. The summed E-state index contributed by atoms with van der Waals surface area (Å²) >= 11 is 1.47. The molecule has 2 aromatic carbocycles. The maximum Gasteiger partial charge on any atom is 0.340 e. The third-order valence-electron chi connectivity index (χ3n) is 5.09. The molecule has 0 saturated heterocycles. The Kier molecular flexibility index (Phi) is 5.87. The highest BCUT2D eigenvalue weighted by atomic mass is 32.1. The first-order chi connectivity index (χ1) is 15.3. The molecule has 0 spiro atoms. The molecule has 1 amide bonds. The second-order valence-electron chi connectivity index (χ2n) is 7.36. The van der Waals surface area contributed by atoms with Gasteiger partial charge in [0.1, 0.15) is 0 Å². The molecule has 1 N–H and O–H groups in total. The fourth-order valence-electron chi connectivity index (χ4n) is 3.65. The van der Waals surface area contributed by atoms with E-state index in [9.17, 15) is 14.4 Å². The zero-order chi connectivity index (χ0) is 22.8. The van der Waals surface area contributed by atoms with Crippen molar-refractivity contribution >= 4 is 45.5 Å². The number of benzene rings is 2. The number of carbonyl (C=O) groups is 3. The Morgan fingerprint density at radius 2 is 1.78 bits per heavy atom. The number of rotatable bonds is 6. The first kappa shape index (κ1) is 21.5. The SMILES string of the molecule is CC(=O)Nc1cc2ccccc2cc1C(=O)OCC(=O)c1cc(C)n(-c2nccs2)c1C. The number of thiazole rings is 1. The maximum atomic E-state index is 12.8. The van der Waals surface area contributed by atoms with Gasteiger partial charge in [-0.3, -0.25) is 14.2 Å². The summed E-state index contributed by atoms with van der Waals surface area (Å²) in [5.41, 5.74) is 2.62. The molecular formula is C24H21N3O4S. The third kappa shape index (κ3) is 4.17. The summed E-state index contributed by atoms with van der Waals surface area (Å²) in [4.78, 5) is 41.6. The van der Waals surface area contributed by atoms with Crippen molar-refractivity contribution < 1.29 is 19.1 Å². The number of aryl methyl sites for hydroxylation is 1. The number of carbonyl (C=O) groups excluding carboxylic acids is 3. The van der Waals surface area contributed by atoms with Crippen LogP contribution in [0.5, 0.6) is 0 Å². The van der Waals surface area contributed by atoms with E-state index >= 15 is 0 Å². The number of nitrogens with one attached hydrogen (secondary N) is 1. The van der Waals surface area contributed by atoms with Gasteiger partial charge in [-0.25, -0.2) is 9.78 Å². The van der Waals surface area contributed by atoms with Crippen LogP contribution in [0.1, 0.15) is 39.0 Å². The maximum absolute atomic E-state index is 12.8. The van der Waals surface area contributed by atoms with Gasteiger partial charge in [0.15, 0.2) is 11.7 Å². The molecule has 8 heteroatoms. The molecule has 2 heterocycles. The number of amides is 1. The van der Waals surface area contributed by atoms with Crippen molar-refractivity contribution in [2.45, 2.75) is 20.8 Å². The zero-order valence-electron chi connectivity index (χ0n) is 17.8. The summed E-state index contributed by atoms with van der Waals surface area (Å²) in [6.45, 7) is 4.69. The molecule has 7 nitrogen and oxygen atoms in total. The largest absolute Gasteiger partial charge is 0.454 e. The van der Waals surface area contributed by atoms with Crippen molar-refractivity contribution in [3.8, 4) is 5.13 Å². The molecule has 32 heavy (non-hydrogen) atoms. The van der Waals surface area contributed by atoms with E-state index in [1.165, 1.54) is 18.3 Å². The summed E-state index contributed by atoms with van der Waals surface area (Å²) < 4.78 is 7.25. The van der Waals surface area contributed by atoms with Crippen molar-refractivity contribution in [1.82, 2.24) is 9.55 Å². The number of anilines is 1. The van der Waals surface area contributed by atoms with E-state index in [-0.39, 0.29) is 17.3 Å². The van der Waals surface area contributed by atoms with Crippen molar-refractivity contribution in [2.24, 2.45) is 0 Å². The van der Waals surface area contributed by atoms with Crippen LogP contribution >= 0.6 is 11.3 Å². The second kappa shape index (κ2) is 8.76. The standard InChI is InChI=1S/C24H21N3O4S/c1-14-10-19(15(2)27(14)24-25-8-9-32-24)22(29)13-31-23(30)20-11-17-6-4-5-7-18(17)12-21(20)26-16(3)28/h4-12H,13H2,1-3H3,(H,26,28). The Bertz CT molecular complexity index is 1340. The van der Waals surface area contributed by atoms with Gasteiger partial charge < -0.3 is 10.1 Å². The number of Topliss-reactive ketones (excluding diaryl/α,β-unsaturated/α-hetero) is 1. The van der Waals surface area contributed by atoms with Gasteiger partial charge in [-0.1, -0.05) is 24.3 Å². The highest BCUT2D eigenvalue weighted by molar-refractivity contribution is 7.12. The predicted octanol–water partition coefficient (Wildman–Crippen LogP) is 4.70. The van der Waals surface area contributed by atoms with Crippen LogP contribution in [0.2, 0.25) is 0 Å². The lowest BCUT2D eigenvalue weighted by Gasteiger charge is -2.12.